The minimum absolute atomic E-state index is 1.05. The van der Waals surface area contributed by atoms with E-state index < -0.39 is 0 Å². The van der Waals surface area contributed by atoms with Crippen molar-refractivity contribution in [1.82, 2.24) is 10.2 Å². The molecule has 0 fully saturated rings. The Hall–Kier alpha value is -0.860. The van der Waals surface area contributed by atoms with Crippen LogP contribution in [0.15, 0.2) is 18.2 Å². The van der Waals surface area contributed by atoms with Crippen molar-refractivity contribution in [3.05, 3.63) is 34.9 Å². The van der Waals surface area contributed by atoms with Crippen LogP contribution in [-0.2, 0) is 19.5 Å². The van der Waals surface area contributed by atoms with Crippen molar-refractivity contribution in [3.8, 4) is 0 Å². The predicted octanol–water partition coefficient (Wildman–Crippen LogP) is 2.95. The van der Waals surface area contributed by atoms with Crippen LogP contribution in [0, 0.1) is 0 Å². The van der Waals surface area contributed by atoms with Crippen LogP contribution >= 0.6 is 0 Å². The van der Waals surface area contributed by atoms with Gasteiger partial charge in [-0.1, -0.05) is 32.0 Å². The van der Waals surface area contributed by atoms with Gasteiger partial charge in [-0.2, -0.15) is 0 Å². The molecule has 1 aromatic rings. The molecular formula is C16H26N2. The van der Waals surface area contributed by atoms with Crippen molar-refractivity contribution in [3.63, 3.8) is 0 Å². The molecular weight excluding hydrogens is 220 g/mol. The van der Waals surface area contributed by atoms with Gasteiger partial charge < -0.3 is 5.32 Å². The van der Waals surface area contributed by atoms with Crippen molar-refractivity contribution in [1.29, 1.82) is 0 Å². The summed E-state index contributed by atoms with van der Waals surface area (Å²) in [5.74, 6) is 0. The largest absolute Gasteiger partial charge is 0.312 e. The third-order valence-corrected chi connectivity index (χ3v) is 3.71. The Labute approximate surface area is 111 Å². The lowest BCUT2D eigenvalue weighted by atomic mass is 9.95. The molecule has 0 saturated heterocycles. The second kappa shape index (κ2) is 6.91. The van der Waals surface area contributed by atoms with Gasteiger partial charge in [0, 0.05) is 13.1 Å². The molecule has 2 rings (SSSR count). The van der Waals surface area contributed by atoms with E-state index in [4.69, 9.17) is 0 Å². The number of hydrogen-bond donors (Lipinski definition) is 1. The summed E-state index contributed by atoms with van der Waals surface area (Å²) in [6.45, 7) is 10.3. The summed E-state index contributed by atoms with van der Waals surface area (Å²) in [6.07, 6.45) is 3.69. The maximum Gasteiger partial charge on any atom is 0.0236 e. The second-order valence-corrected chi connectivity index (χ2v) is 5.26. The maximum atomic E-state index is 3.46. The zero-order chi connectivity index (χ0) is 12.8. The standard InChI is InChI=1S/C16H26N2/c1-3-10-18(11-4-2)13-15-7-5-6-14-12-17-9-8-16(14)15/h5-7,17H,3-4,8-13H2,1-2H3. The number of nitrogens with one attached hydrogen (secondary N) is 1. The van der Waals surface area contributed by atoms with Gasteiger partial charge in [0.15, 0.2) is 0 Å². The van der Waals surface area contributed by atoms with Crippen LogP contribution < -0.4 is 5.32 Å². The fraction of sp³-hybridized carbons (Fsp3) is 0.625. The third-order valence-electron chi connectivity index (χ3n) is 3.71. The van der Waals surface area contributed by atoms with Crippen molar-refractivity contribution >= 4 is 0 Å². The van der Waals surface area contributed by atoms with Crippen molar-refractivity contribution in [2.45, 2.75) is 46.2 Å². The first-order valence-electron chi connectivity index (χ1n) is 7.37. The van der Waals surface area contributed by atoms with Crippen LogP contribution in [0.2, 0.25) is 0 Å². The molecule has 0 spiro atoms. The van der Waals surface area contributed by atoms with Gasteiger partial charge in [0.05, 0.1) is 0 Å². The molecule has 18 heavy (non-hydrogen) atoms. The summed E-state index contributed by atoms with van der Waals surface area (Å²) in [7, 11) is 0. The van der Waals surface area contributed by atoms with Gasteiger partial charge in [0.25, 0.3) is 0 Å². The molecule has 0 aromatic heterocycles. The molecule has 1 aromatic carbocycles. The lowest BCUT2D eigenvalue weighted by Gasteiger charge is -2.25. The average molecular weight is 246 g/mol. The molecule has 0 unspecified atom stereocenters. The molecule has 2 heteroatoms. The highest BCUT2D eigenvalue weighted by molar-refractivity contribution is 5.37. The van der Waals surface area contributed by atoms with Crippen molar-refractivity contribution < 1.29 is 0 Å². The zero-order valence-corrected chi connectivity index (χ0v) is 11.8. The second-order valence-electron chi connectivity index (χ2n) is 5.26. The molecule has 2 nitrogen and oxygen atoms in total. The Kier molecular flexibility index (Phi) is 5.21. The topological polar surface area (TPSA) is 15.3 Å². The Morgan fingerprint density at radius 2 is 1.94 bits per heavy atom. The number of nitrogens with zero attached hydrogens (tertiary/aromatic N) is 1. The summed E-state index contributed by atoms with van der Waals surface area (Å²) < 4.78 is 0. The van der Waals surface area contributed by atoms with Gasteiger partial charge in [0.1, 0.15) is 0 Å². The molecule has 1 heterocycles. The van der Waals surface area contributed by atoms with Crippen LogP contribution in [0.3, 0.4) is 0 Å². The monoisotopic (exact) mass is 246 g/mol. The molecule has 100 valence electrons. The van der Waals surface area contributed by atoms with Crippen molar-refractivity contribution in [2.75, 3.05) is 19.6 Å². The molecule has 0 bridgehead atoms. The first-order chi connectivity index (χ1) is 8.85. The number of hydrogen-bond acceptors (Lipinski definition) is 2. The highest BCUT2D eigenvalue weighted by Crippen LogP contribution is 2.20. The zero-order valence-electron chi connectivity index (χ0n) is 11.8. The summed E-state index contributed by atoms with van der Waals surface area (Å²) in [5, 5.41) is 3.46. The van der Waals surface area contributed by atoms with Crippen LogP contribution in [0.1, 0.15) is 43.4 Å². The first-order valence-corrected chi connectivity index (χ1v) is 7.37. The van der Waals surface area contributed by atoms with E-state index in [9.17, 15) is 0 Å². The molecule has 0 amide bonds. The Balaban J connectivity index is 2.12. The van der Waals surface area contributed by atoms with Gasteiger partial charge in [-0.15, -0.1) is 0 Å². The molecule has 0 radical (unpaired) electrons. The fourth-order valence-corrected chi connectivity index (χ4v) is 2.90. The SMILES string of the molecule is CCCN(CCC)Cc1cccc2c1CCNC2. The molecule has 1 aliphatic heterocycles. The lowest BCUT2D eigenvalue weighted by molar-refractivity contribution is 0.265. The normalized spacial score (nSPS) is 14.8. The number of fused-ring (bicyclic) bond motifs is 1. The van der Waals surface area contributed by atoms with E-state index in [0.29, 0.717) is 0 Å². The van der Waals surface area contributed by atoms with E-state index in [-0.39, 0.29) is 0 Å². The summed E-state index contributed by atoms with van der Waals surface area (Å²) >= 11 is 0. The Bertz CT molecular complexity index is 367. The average Bonchev–Trinajstić information content (AvgIpc) is 2.40. The van der Waals surface area contributed by atoms with E-state index in [1.807, 2.05) is 0 Å². The van der Waals surface area contributed by atoms with Crippen LogP contribution in [0.5, 0.6) is 0 Å². The molecule has 0 aliphatic carbocycles. The number of rotatable bonds is 6. The number of benzene rings is 1. The van der Waals surface area contributed by atoms with E-state index in [1.165, 1.54) is 37.9 Å². The van der Waals surface area contributed by atoms with Gasteiger partial charge in [-0.05, 0) is 55.6 Å². The highest BCUT2D eigenvalue weighted by atomic mass is 15.1. The molecule has 0 saturated carbocycles. The van der Waals surface area contributed by atoms with Gasteiger partial charge in [-0.3, -0.25) is 4.90 Å². The summed E-state index contributed by atoms with van der Waals surface area (Å²) in [5.41, 5.74) is 4.66. The fourth-order valence-electron chi connectivity index (χ4n) is 2.90. The maximum absolute atomic E-state index is 3.46. The molecule has 1 aliphatic rings. The van der Waals surface area contributed by atoms with E-state index in [1.54, 1.807) is 11.1 Å². The minimum Gasteiger partial charge on any atom is -0.312 e. The molecule has 0 atom stereocenters. The first kappa shape index (κ1) is 13.6. The summed E-state index contributed by atoms with van der Waals surface area (Å²) in [4.78, 5) is 2.59. The van der Waals surface area contributed by atoms with Gasteiger partial charge >= 0.3 is 0 Å². The Morgan fingerprint density at radius 1 is 1.17 bits per heavy atom. The quantitative estimate of drug-likeness (QED) is 0.830. The van der Waals surface area contributed by atoms with Crippen molar-refractivity contribution in [2.24, 2.45) is 0 Å². The van der Waals surface area contributed by atoms with E-state index >= 15 is 0 Å². The van der Waals surface area contributed by atoms with Crippen LogP contribution in [-0.4, -0.2) is 24.5 Å². The highest BCUT2D eigenvalue weighted by Gasteiger charge is 2.14. The smallest absolute Gasteiger partial charge is 0.0236 e. The molecule has 1 N–H and O–H groups in total. The third kappa shape index (κ3) is 3.33. The van der Waals surface area contributed by atoms with E-state index in [0.717, 1.165) is 19.6 Å². The Morgan fingerprint density at radius 3 is 2.67 bits per heavy atom. The lowest BCUT2D eigenvalue weighted by Crippen LogP contribution is -2.28. The minimum atomic E-state index is 1.05. The van der Waals surface area contributed by atoms with Crippen LogP contribution in [0.4, 0.5) is 0 Å². The van der Waals surface area contributed by atoms with Gasteiger partial charge in [0.2, 0.25) is 0 Å². The van der Waals surface area contributed by atoms with E-state index in [2.05, 4.69) is 42.3 Å². The van der Waals surface area contributed by atoms with Crippen LogP contribution in [0.25, 0.3) is 0 Å². The van der Waals surface area contributed by atoms with Gasteiger partial charge in [-0.25, -0.2) is 0 Å². The predicted molar refractivity (Wildman–Crippen MR) is 77.7 cm³/mol. The summed E-state index contributed by atoms with van der Waals surface area (Å²) in [6, 6.07) is 6.81.